The van der Waals surface area contributed by atoms with Crippen LogP contribution in [0.5, 0.6) is 5.75 Å². The Morgan fingerprint density at radius 3 is 2.85 bits per heavy atom. The first kappa shape index (κ1) is 16.8. The molecule has 3 heterocycles. The van der Waals surface area contributed by atoms with E-state index in [1.54, 1.807) is 18.0 Å². The number of methoxy groups -OCH3 is 1. The van der Waals surface area contributed by atoms with Gasteiger partial charge in [-0.3, -0.25) is 0 Å². The molecule has 0 aliphatic carbocycles. The monoisotopic (exact) mass is 353 g/mol. The highest BCUT2D eigenvalue weighted by Gasteiger charge is 2.20. The van der Waals surface area contributed by atoms with Crippen molar-refractivity contribution in [2.45, 2.75) is 19.3 Å². The van der Waals surface area contributed by atoms with Crippen LogP contribution in [0.15, 0.2) is 41.2 Å². The van der Waals surface area contributed by atoms with E-state index in [1.807, 2.05) is 30.5 Å². The second kappa shape index (κ2) is 7.29. The molecule has 0 unspecified atom stereocenters. The fourth-order valence-corrected chi connectivity index (χ4v) is 3.36. The van der Waals surface area contributed by atoms with Crippen molar-refractivity contribution < 1.29 is 9.26 Å². The molecular weight excluding hydrogens is 330 g/mol. The van der Waals surface area contributed by atoms with Crippen LogP contribution >= 0.6 is 0 Å². The van der Waals surface area contributed by atoms with Crippen LogP contribution < -0.4 is 4.74 Å². The molecule has 0 atom stereocenters. The van der Waals surface area contributed by atoms with Gasteiger partial charge in [-0.25, -0.2) is 4.68 Å². The zero-order valence-electron chi connectivity index (χ0n) is 15.1. The average Bonchev–Trinajstić information content (AvgIpc) is 3.33. The van der Waals surface area contributed by atoms with Gasteiger partial charge in [-0.15, -0.1) is 0 Å². The number of nitrogens with zero attached hydrogens (tertiary/aromatic N) is 5. The second-order valence-corrected chi connectivity index (χ2v) is 6.81. The van der Waals surface area contributed by atoms with Gasteiger partial charge >= 0.3 is 0 Å². The summed E-state index contributed by atoms with van der Waals surface area (Å²) < 4.78 is 12.6. The zero-order valence-corrected chi connectivity index (χ0v) is 15.1. The highest BCUT2D eigenvalue weighted by Crippen LogP contribution is 2.25. The molecule has 7 nitrogen and oxygen atoms in total. The number of ether oxygens (including phenoxy) is 1. The third-order valence-electron chi connectivity index (χ3n) is 4.94. The SMILES string of the molecule is COc1ccccc1-n1cc(-c2nc(CC3CCN(C)CC3)no2)cn1. The lowest BCUT2D eigenvalue weighted by Gasteiger charge is -2.27. The summed E-state index contributed by atoms with van der Waals surface area (Å²) in [6, 6.07) is 7.74. The summed E-state index contributed by atoms with van der Waals surface area (Å²) in [5, 5.41) is 8.57. The van der Waals surface area contributed by atoms with E-state index >= 15 is 0 Å². The normalized spacial score (nSPS) is 16.1. The lowest BCUT2D eigenvalue weighted by Crippen LogP contribution is -2.31. The van der Waals surface area contributed by atoms with Crippen LogP contribution in [0.4, 0.5) is 0 Å². The first-order chi connectivity index (χ1) is 12.7. The maximum absolute atomic E-state index is 5.46. The van der Waals surface area contributed by atoms with E-state index in [1.165, 1.54) is 12.8 Å². The third kappa shape index (κ3) is 3.48. The molecule has 0 amide bonds. The number of hydrogen-bond donors (Lipinski definition) is 0. The summed E-state index contributed by atoms with van der Waals surface area (Å²) in [6.45, 7) is 2.28. The van der Waals surface area contributed by atoms with Crippen LogP contribution in [0.3, 0.4) is 0 Å². The van der Waals surface area contributed by atoms with E-state index in [0.29, 0.717) is 11.8 Å². The molecule has 1 aliphatic rings. The molecule has 26 heavy (non-hydrogen) atoms. The maximum atomic E-state index is 5.46. The molecular formula is C19H23N5O2. The first-order valence-corrected chi connectivity index (χ1v) is 8.92. The highest BCUT2D eigenvalue weighted by molar-refractivity contribution is 5.53. The molecule has 1 aliphatic heterocycles. The molecule has 0 N–H and O–H groups in total. The van der Waals surface area contributed by atoms with Crippen molar-refractivity contribution in [2.75, 3.05) is 27.2 Å². The van der Waals surface area contributed by atoms with E-state index < -0.39 is 0 Å². The molecule has 3 aromatic rings. The molecule has 1 aromatic carbocycles. The number of para-hydroxylation sites is 2. The number of likely N-dealkylation sites (tertiary alicyclic amines) is 1. The Labute approximate surface area is 152 Å². The quantitative estimate of drug-likeness (QED) is 0.702. The molecule has 0 saturated carbocycles. The summed E-state index contributed by atoms with van der Waals surface area (Å²) in [6.07, 6.45) is 6.86. The van der Waals surface area contributed by atoms with Crippen LogP contribution in [0.25, 0.3) is 17.1 Å². The molecule has 2 aromatic heterocycles. The molecule has 0 spiro atoms. The Bertz CT molecular complexity index is 864. The average molecular weight is 353 g/mol. The lowest BCUT2D eigenvalue weighted by molar-refractivity contribution is 0.216. The van der Waals surface area contributed by atoms with Gasteiger partial charge in [0.2, 0.25) is 0 Å². The summed E-state index contributed by atoms with van der Waals surface area (Å²) in [4.78, 5) is 6.93. The predicted octanol–water partition coefficient (Wildman–Crippen LogP) is 2.82. The van der Waals surface area contributed by atoms with Gasteiger partial charge in [0.05, 0.1) is 18.9 Å². The van der Waals surface area contributed by atoms with Crippen LogP contribution in [0.2, 0.25) is 0 Å². The summed E-state index contributed by atoms with van der Waals surface area (Å²) in [5.41, 5.74) is 1.67. The van der Waals surface area contributed by atoms with Crippen molar-refractivity contribution in [3.8, 4) is 22.9 Å². The van der Waals surface area contributed by atoms with Crippen LogP contribution in [-0.4, -0.2) is 52.1 Å². The summed E-state index contributed by atoms with van der Waals surface area (Å²) >= 11 is 0. The Morgan fingerprint density at radius 1 is 1.23 bits per heavy atom. The fourth-order valence-electron chi connectivity index (χ4n) is 3.36. The number of rotatable bonds is 5. The van der Waals surface area contributed by atoms with Crippen LogP contribution in [0, 0.1) is 5.92 Å². The highest BCUT2D eigenvalue weighted by atomic mass is 16.5. The topological polar surface area (TPSA) is 69.2 Å². The Morgan fingerprint density at radius 2 is 2.04 bits per heavy atom. The molecule has 7 heteroatoms. The van der Waals surface area contributed by atoms with Crippen molar-refractivity contribution in [1.82, 2.24) is 24.8 Å². The molecule has 4 rings (SSSR count). The van der Waals surface area contributed by atoms with Gasteiger partial charge in [-0.2, -0.15) is 10.1 Å². The molecule has 0 radical (unpaired) electrons. The van der Waals surface area contributed by atoms with Gasteiger partial charge in [0.15, 0.2) is 5.82 Å². The predicted molar refractivity (Wildman–Crippen MR) is 97.3 cm³/mol. The Kier molecular flexibility index (Phi) is 4.71. The van der Waals surface area contributed by atoms with E-state index in [4.69, 9.17) is 9.26 Å². The van der Waals surface area contributed by atoms with Gasteiger partial charge < -0.3 is 14.2 Å². The summed E-state index contributed by atoms with van der Waals surface area (Å²) in [7, 11) is 3.82. The van der Waals surface area contributed by atoms with Gasteiger partial charge in [-0.05, 0) is 51.0 Å². The van der Waals surface area contributed by atoms with Crippen molar-refractivity contribution in [3.05, 3.63) is 42.5 Å². The molecule has 1 fully saturated rings. The minimum Gasteiger partial charge on any atom is -0.494 e. The van der Waals surface area contributed by atoms with Gasteiger partial charge in [-0.1, -0.05) is 17.3 Å². The number of piperidine rings is 1. The van der Waals surface area contributed by atoms with Gasteiger partial charge in [0, 0.05) is 12.6 Å². The van der Waals surface area contributed by atoms with E-state index in [9.17, 15) is 0 Å². The van der Waals surface area contributed by atoms with E-state index in [0.717, 1.165) is 42.3 Å². The Hall–Kier alpha value is -2.67. The molecule has 136 valence electrons. The van der Waals surface area contributed by atoms with E-state index in [2.05, 4.69) is 27.2 Å². The van der Waals surface area contributed by atoms with Gasteiger partial charge in [0.1, 0.15) is 11.4 Å². The molecule has 0 bridgehead atoms. The minimum absolute atomic E-state index is 0.508. The molecule has 1 saturated heterocycles. The third-order valence-corrected chi connectivity index (χ3v) is 4.94. The Balaban J connectivity index is 1.49. The minimum atomic E-state index is 0.508. The van der Waals surface area contributed by atoms with Crippen molar-refractivity contribution >= 4 is 0 Å². The van der Waals surface area contributed by atoms with Crippen molar-refractivity contribution in [2.24, 2.45) is 5.92 Å². The zero-order chi connectivity index (χ0) is 17.9. The fraction of sp³-hybridized carbons (Fsp3) is 0.421. The van der Waals surface area contributed by atoms with Crippen LogP contribution in [-0.2, 0) is 6.42 Å². The maximum Gasteiger partial charge on any atom is 0.261 e. The smallest absolute Gasteiger partial charge is 0.261 e. The second-order valence-electron chi connectivity index (χ2n) is 6.81. The van der Waals surface area contributed by atoms with Crippen LogP contribution in [0.1, 0.15) is 18.7 Å². The van der Waals surface area contributed by atoms with Crippen molar-refractivity contribution in [3.63, 3.8) is 0 Å². The first-order valence-electron chi connectivity index (χ1n) is 8.92. The van der Waals surface area contributed by atoms with Gasteiger partial charge in [0.25, 0.3) is 5.89 Å². The number of hydrogen-bond acceptors (Lipinski definition) is 6. The van der Waals surface area contributed by atoms with Crippen molar-refractivity contribution in [1.29, 1.82) is 0 Å². The number of aromatic nitrogens is 4. The standard InChI is InChI=1S/C19H23N5O2/c1-23-9-7-14(8-10-23)11-18-21-19(26-22-18)15-12-20-24(13-15)16-5-3-4-6-17(16)25-2/h3-6,12-14H,7-11H2,1-2H3. The largest absolute Gasteiger partial charge is 0.494 e. The number of benzene rings is 1. The summed E-state index contributed by atoms with van der Waals surface area (Å²) in [5.74, 6) is 2.68. The van der Waals surface area contributed by atoms with E-state index in [-0.39, 0.29) is 0 Å². The lowest BCUT2D eigenvalue weighted by atomic mass is 9.94.